The van der Waals surface area contributed by atoms with Crippen LogP contribution < -0.4 is 5.32 Å². The van der Waals surface area contributed by atoms with Crippen LogP contribution in [-0.4, -0.2) is 28.6 Å². The van der Waals surface area contributed by atoms with E-state index in [0.717, 1.165) is 0 Å². The monoisotopic (exact) mass is 242 g/mol. The third kappa shape index (κ3) is 3.79. The number of amides is 1. The topological polar surface area (TPSA) is 62.2 Å². The predicted octanol–water partition coefficient (Wildman–Crippen LogP) is 1.63. The summed E-state index contributed by atoms with van der Waals surface area (Å²) in [5.41, 5.74) is 0.357. The molecule has 0 radical (unpaired) electrons. The van der Waals surface area contributed by atoms with E-state index in [9.17, 15) is 9.90 Å². The van der Waals surface area contributed by atoms with E-state index in [4.69, 9.17) is 11.6 Å². The van der Waals surface area contributed by atoms with Crippen LogP contribution in [0.1, 0.15) is 30.1 Å². The minimum Gasteiger partial charge on any atom is -0.393 e. The largest absolute Gasteiger partial charge is 0.393 e. The summed E-state index contributed by atoms with van der Waals surface area (Å²) in [6, 6.07) is 3.27. The normalized spacial score (nSPS) is 12.2. The Kier molecular flexibility index (Phi) is 5.22. The van der Waals surface area contributed by atoms with Crippen LogP contribution in [0.25, 0.3) is 0 Å². The molecule has 1 rings (SSSR count). The summed E-state index contributed by atoms with van der Waals surface area (Å²) in [7, 11) is 0. The zero-order valence-corrected chi connectivity index (χ0v) is 9.87. The van der Waals surface area contributed by atoms with Gasteiger partial charge in [-0.1, -0.05) is 18.5 Å². The summed E-state index contributed by atoms with van der Waals surface area (Å²) in [5, 5.41) is 12.2. The molecule has 1 unspecified atom stereocenters. The number of nitrogens with zero attached hydrogens (tertiary/aromatic N) is 1. The number of carbonyl (C=O) groups is 1. The van der Waals surface area contributed by atoms with E-state index in [1.54, 1.807) is 12.1 Å². The minimum absolute atomic E-state index is 0.191. The van der Waals surface area contributed by atoms with Crippen molar-refractivity contribution in [2.24, 2.45) is 0 Å². The van der Waals surface area contributed by atoms with Gasteiger partial charge in [0.2, 0.25) is 0 Å². The van der Waals surface area contributed by atoms with Crippen LogP contribution in [0.4, 0.5) is 0 Å². The van der Waals surface area contributed by atoms with Crippen LogP contribution in [-0.2, 0) is 0 Å². The summed E-state index contributed by atoms with van der Waals surface area (Å²) < 4.78 is 0. The van der Waals surface area contributed by atoms with Crippen molar-refractivity contribution in [3.8, 4) is 0 Å². The van der Waals surface area contributed by atoms with Crippen LogP contribution in [0, 0.1) is 0 Å². The third-order valence-corrected chi connectivity index (χ3v) is 2.54. The van der Waals surface area contributed by atoms with Gasteiger partial charge in [-0.05, 0) is 25.0 Å². The molecule has 5 heteroatoms. The van der Waals surface area contributed by atoms with Crippen molar-refractivity contribution in [1.29, 1.82) is 0 Å². The fourth-order valence-corrected chi connectivity index (χ4v) is 1.41. The second kappa shape index (κ2) is 6.45. The number of hydrogen-bond acceptors (Lipinski definition) is 3. The summed E-state index contributed by atoms with van der Waals surface area (Å²) in [6.07, 6.45) is 2.38. The molecule has 0 saturated heterocycles. The van der Waals surface area contributed by atoms with Gasteiger partial charge in [0.1, 0.15) is 5.15 Å². The molecule has 0 aliphatic carbocycles. The summed E-state index contributed by atoms with van der Waals surface area (Å²) in [5.74, 6) is -0.263. The number of nitrogens with one attached hydrogen (secondary N) is 1. The van der Waals surface area contributed by atoms with E-state index < -0.39 is 0 Å². The van der Waals surface area contributed by atoms with Gasteiger partial charge in [0.05, 0.1) is 11.7 Å². The van der Waals surface area contributed by atoms with Gasteiger partial charge < -0.3 is 10.4 Å². The summed E-state index contributed by atoms with van der Waals surface area (Å²) in [4.78, 5) is 15.4. The molecule has 4 nitrogen and oxygen atoms in total. The van der Waals surface area contributed by atoms with Crippen molar-refractivity contribution >= 4 is 17.5 Å². The Labute approximate surface area is 99.6 Å². The third-order valence-electron chi connectivity index (χ3n) is 2.24. The van der Waals surface area contributed by atoms with Crippen molar-refractivity contribution < 1.29 is 9.90 Å². The molecule has 88 valence electrons. The lowest BCUT2D eigenvalue weighted by molar-refractivity contribution is 0.0942. The molecule has 16 heavy (non-hydrogen) atoms. The fourth-order valence-electron chi connectivity index (χ4n) is 1.21. The maximum Gasteiger partial charge on any atom is 0.254 e. The number of hydrogen-bond donors (Lipinski definition) is 2. The minimum atomic E-state index is -0.371. The second-order valence-electron chi connectivity index (χ2n) is 3.45. The Morgan fingerprint density at radius 1 is 1.69 bits per heavy atom. The molecule has 1 aromatic heterocycles. The van der Waals surface area contributed by atoms with E-state index in [1.807, 2.05) is 6.92 Å². The lowest BCUT2D eigenvalue weighted by atomic mass is 10.2. The van der Waals surface area contributed by atoms with E-state index in [2.05, 4.69) is 10.3 Å². The first-order valence-corrected chi connectivity index (χ1v) is 5.59. The molecule has 1 aromatic rings. The SMILES string of the molecule is CCC(O)CCNC(=O)c1cccnc1Cl. The van der Waals surface area contributed by atoms with Gasteiger partial charge in [-0.25, -0.2) is 4.98 Å². The zero-order valence-electron chi connectivity index (χ0n) is 9.11. The Morgan fingerprint density at radius 3 is 3.06 bits per heavy atom. The molecular formula is C11H15ClN2O2. The van der Waals surface area contributed by atoms with Crippen molar-refractivity contribution in [3.05, 3.63) is 29.0 Å². The smallest absolute Gasteiger partial charge is 0.254 e. The highest BCUT2D eigenvalue weighted by Gasteiger charge is 2.10. The van der Waals surface area contributed by atoms with Crippen molar-refractivity contribution in [1.82, 2.24) is 10.3 Å². The summed E-state index contributed by atoms with van der Waals surface area (Å²) >= 11 is 5.77. The van der Waals surface area contributed by atoms with Crippen LogP contribution in [0.15, 0.2) is 18.3 Å². The molecule has 0 spiro atoms. The number of aromatic nitrogens is 1. The van der Waals surface area contributed by atoms with Crippen LogP contribution >= 0.6 is 11.6 Å². The number of aliphatic hydroxyl groups excluding tert-OH is 1. The number of pyridine rings is 1. The molecule has 0 bridgehead atoms. The van der Waals surface area contributed by atoms with Gasteiger partial charge in [0.25, 0.3) is 5.91 Å². The van der Waals surface area contributed by atoms with Crippen molar-refractivity contribution in [3.63, 3.8) is 0 Å². The average molecular weight is 243 g/mol. The number of rotatable bonds is 5. The Bertz CT molecular complexity index is 358. The molecule has 0 saturated carbocycles. The molecule has 0 aliphatic heterocycles. The van der Waals surface area contributed by atoms with E-state index in [1.165, 1.54) is 6.20 Å². The highest BCUT2D eigenvalue weighted by molar-refractivity contribution is 6.32. The van der Waals surface area contributed by atoms with Crippen LogP contribution in [0.2, 0.25) is 5.15 Å². The van der Waals surface area contributed by atoms with Gasteiger partial charge in [-0.15, -0.1) is 0 Å². The summed E-state index contributed by atoms with van der Waals surface area (Å²) in [6.45, 7) is 2.32. The lowest BCUT2D eigenvalue weighted by Crippen LogP contribution is -2.27. The van der Waals surface area contributed by atoms with Crippen LogP contribution in [0.3, 0.4) is 0 Å². The molecule has 0 fully saturated rings. The maximum absolute atomic E-state index is 11.6. The standard InChI is InChI=1S/C11H15ClN2O2/c1-2-8(15)5-7-14-11(16)9-4-3-6-13-10(9)12/h3-4,6,8,15H,2,5,7H2,1H3,(H,14,16). The maximum atomic E-state index is 11.6. The fraction of sp³-hybridized carbons (Fsp3) is 0.455. The van der Waals surface area contributed by atoms with Gasteiger partial charge in [0, 0.05) is 12.7 Å². The highest BCUT2D eigenvalue weighted by Crippen LogP contribution is 2.10. The van der Waals surface area contributed by atoms with Crippen LogP contribution in [0.5, 0.6) is 0 Å². The Hall–Kier alpha value is -1.13. The number of halogens is 1. The molecule has 0 aromatic carbocycles. The van der Waals surface area contributed by atoms with Crippen molar-refractivity contribution in [2.75, 3.05) is 6.54 Å². The Morgan fingerprint density at radius 2 is 2.44 bits per heavy atom. The first-order valence-electron chi connectivity index (χ1n) is 5.22. The first kappa shape index (κ1) is 12.9. The zero-order chi connectivity index (χ0) is 12.0. The molecule has 2 N–H and O–H groups in total. The number of carbonyl (C=O) groups excluding carboxylic acids is 1. The van der Waals surface area contributed by atoms with Crippen molar-refractivity contribution in [2.45, 2.75) is 25.9 Å². The average Bonchev–Trinajstić information content (AvgIpc) is 2.29. The highest BCUT2D eigenvalue weighted by atomic mass is 35.5. The quantitative estimate of drug-likeness (QED) is 0.772. The molecule has 1 heterocycles. The lowest BCUT2D eigenvalue weighted by Gasteiger charge is -2.09. The second-order valence-corrected chi connectivity index (χ2v) is 3.81. The first-order chi connectivity index (χ1) is 7.65. The molecular weight excluding hydrogens is 228 g/mol. The van der Waals surface area contributed by atoms with E-state index in [-0.39, 0.29) is 17.2 Å². The van der Waals surface area contributed by atoms with E-state index >= 15 is 0 Å². The van der Waals surface area contributed by atoms with Gasteiger partial charge >= 0.3 is 0 Å². The van der Waals surface area contributed by atoms with Gasteiger partial charge in [-0.3, -0.25) is 4.79 Å². The predicted molar refractivity (Wildman–Crippen MR) is 62.5 cm³/mol. The van der Waals surface area contributed by atoms with Gasteiger partial charge in [-0.2, -0.15) is 0 Å². The van der Waals surface area contributed by atoms with E-state index in [0.29, 0.717) is 24.9 Å². The number of aliphatic hydroxyl groups is 1. The molecule has 1 atom stereocenters. The Balaban J connectivity index is 2.44. The van der Waals surface area contributed by atoms with Gasteiger partial charge in [0.15, 0.2) is 0 Å². The molecule has 1 amide bonds. The molecule has 0 aliphatic rings.